The Hall–Kier alpha value is -1.92. The zero-order chi connectivity index (χ0) is 18.2. The zero-order valence-corrected chi connectivity index (χ0v) is 14.9. The van der Waals surface area contributed by atoms with Crippen molar-refractivity contribution < 1.29 is 24.2 Å². The molecule has 0 bridgehead atoms. The van der Waals surface area contributed by atoms with Gasteiger partial charge in [0, 0.05) is 12.8 Å². The van der Waals surface area contributed by atoms with Crippen LogP contribution in [0.2, 0.25) is 0 Å². The highest BCUT2D eigenvalue weighted by Gasteiger charge is 2.21. The summed E-state index contributed by atoms with van der Waals surface area (Å²) >= 11 is 0. The van der Waals surface area contributed by atoms with Crippen LogP contribution in [0.15, 0.2) is 18.2 Å². The van der Waals surface area contributed by atoms with E-state index in [0.717, 1.165) is 25.7 Å². The third-order valence-corrected chi connectivity index (χ3v) is 4.39. The average Bonchev–Trinajstić information content (AvgIpc) is 2.83. The largest absolute Gasteiger partial charge is 0.478 e. The summed E-state index contributed by atoms with van der Waals surface area (Å²) in [6, 6.07) is 4.69. The van der Waals surface area contributed by atoms with Crippen LogP contribution in [-0.2, 0) is 20.9 Å². The summed E-state index contributed by atoms with van der Waals surface area (Å²) < 4.78 is 11.0. The van der Waals surface area contributed by atoms with E-state index >= 15 is 0 Å². The van der Waals surface area contributed by atoms with Crippen molar-refractivity contribution in [3.8, 4) is 0 Å². The third-order valence-electron chi connectivity index (χ3n) is 4.39. The second-order valence-electron chi connectivity index (χ2n) is 6.54. The number of hydrogen-bond donors (Lipinski definition) is 2. The number of carboxylic acid groups (broad SMARTS) is 1. The molecule has 2 rings (SSSR count). The van der Waals surface area contributed by atoms with Gasteiger partial charge in [0.1, 0.15) is 6.10 Å². The smallest absolute Gasteiger partial charge is 0.335 e. The highest BCUT2D eigenvalue weighted by atomic mass is 16.5. The van der Waals surface area contributed by atoms with Gasteiger partial charge < -0.3 is 19.9 Å². The van der Waals surface area contributed by atoms with Crippen LogP contribution in [0.3, 0.4) is 0 Å². The van der Waals surface area contributed by atoms with E-state index in [9.17, 15) is 14.7 Å². The van der Waals surface area contributed by atoms with Gasteiger partial charge in [-0.2, -0.15) is 0 Å². The van der Waals surface area contributed by atoms with Crippen molar-refractivity contribution in [2.24, 2.45) is 0 Å². The molecule has 1 aromatic carbocycles. The monoisotopic (exact) mass is 349 g/mol. The summed E-state index contributed by atoms with van der Waals surface area (Å²) in [5, 5.41) is 12.0. The Morgan fingerprint density at radius 1 is 1.20 bits per heavy atom. The van der Waals surface area contributed by atoms with Crippen molar-refractivity contribution >= 4 is 17.6 Å². The first kappa shape index (κ1) is 19.4. The predicted molar refractivity (Wildman–Crippen MR) is 94.8 cm³/mol. The van der Waals surface area contributed by atoms with E-state index < -0.39 is 12.1 Å². The van der Waals surface area contributed by atoms with Crippen molar-refractivity contribution in [3.05, 3.63) is 29.3 Å². The fraction of sp³-hybridized carbons (Fsp3) is 0.579. The summed E-state index contributed by atoms with van der Waals surface area (Å²) in [4.78, 5) is 23.7. The summed E-state index contributed by atoms with van der Waals surface area (Å²) in [5.74, 6) is -1.31. The van der Waals surface area contributed by atoms with E-state index in [2.05, 4.69) is 5.32 Å². The SMILES string of the molecule is COCc1cc(NC(=O)C(C)OC2CCCCCC2)cc(C(=O)O)c1. The van der Waals surface area contributed by atoms with E-state index in [0.29, 0.717) is 11.3 Å². The van der Waals surface area contributed by atoms with E-state index in [-0.39, 0.29) is 24.2 Å². The van der Waals surface area contributed by atoms with Crippen LogP contribution in [0.5, 0.6) is 0 Å². The van der Waals surface area contributed by atoms with E-state index in [1.165, 1.54) is 32.1 Å². The lowest BCUT2D eigenvalue weighted by molar-refractivity contribution is -0.130. The molecule has 1 unspecified atom stereocenters. The average molecular weight is 349 g/mol. The molecule has 1 atom stereocenters. The quantitative estimate of drug-likeness (QED) is 0.735. The Morgan fingerprint density at radius 2 is 1.88 bits per heavy atom. The van der Waals surface area contributed by atoms with Gasteiger partial charge in [0.2, 0.25) is 0 Å². The highest BCUT2D eigenvalue weighted by molar-refractivity contribution is 5.96. The van der Waals surface area contributed by atoms with Crippen LogP contribution >= 0.6 is 0 Å². The number of anilines is 1. The Labute approximate surface area is 148 Å². The number of amides is 1. The van der Waals surface area contributed by atoms with Gasteiger partial charge in [-0.3, -0.25) is 4.79 Å². The molecule has 1 fully saturated rings. The van der Waals surface area contributed by atoms with Crippen LogP contribution < -0.4 is 5.32 Å². The Bertz CT molecular complexity index is 593. The lowest BCUT2D eigenvalue weighted by Crippen LogP contribution is -2.31. The van der Waals surface area contributed by atoms with E-state index in [1.807, 2.05) is 0 Å². The molecule has 6 nitrogen and oxygen atoms in total. The van der Waals surface area contributed by atoms with Gasteiger partial charge in [0.25, 0.3) is 5.91 Å². The Kier molecular flexibility index (Phi) is 7.40. The van der Waals surface area contributed by atoms with E-state index in [4.69, 9.17) is 9.47 Å². The standard InChI is InChI=1S/C19H27NO5/c1-13(25-17-7-5-3-4-6-8-17)18(21)20-16-10-14(12-24-2)9-15(11-16)19(22)23/h9-11,13,17H,3-8,12H2,1-2H3,(H,20,21)(H,22,23). The fourth-order valence-electron chi connectivity index (χ4n) is 3.11. The maximum atomic E-state index is 12.4. The van der Waals surface area contributed by atoms with Crippen molar-refractivity contribution in [1.29, 1.82) is 0 Å². The Balaban J connectivity index is 2.01. The number of aromatic carboxylic acids is 1. The van der Waals surface area contributed by atoms with Crippen molar-refractivity contribution in [1.82, 2.24) is 0 Å². The van der Waals surface area contributed by atoms with Gasteiger partial charge >= 0.3 is 5.97 Å². The molecule has 1 amide bonds. The lowest BCUT2D eigenvalue weighted by Gasteiger charge is -2.21. The van der Waals surface area contributed by atoms with Crippen LogP contribution in [0.4, 0.5) is 5.69 Å². The van der Waals surface area contributed by atoms with Gasteiger partial charge in [0.15, 0.2) is 0 Å². The normalized spacial score (nSPS) is 16.9. The fourth-order valence-corrected chi connectivity index (χ4v) is 3.11. The number of nitrogens with one attached hydrogen (secondary N) is 1. The van der Waals surface area contributed by atoms with Gasteiger partial charge in [-0.05, 0) is 43.5 Å². The molecule has 6 heteroatoms. The van der Waals surface area contributed by atoms with Gasteiger partial charge in [0.05, 0.1) is 18.3 Å². The number of hydrogen-bond acceptors (Lipinski definition) is 4. The van der Waals surface area contributed by atoms with Crippen molar-refractivity contribution in [2.45, 2.75) is 64.3 Å². The minimum atomic E-state index is -1.05. The maximum absolute atomic E-state index is 12.4. The van der Waals surface area contributed by atoms with Gasteiger partial charge in [-0.25, -0.2) is 4.79 Å². The second-order valence-corrected chi connectivity index (χ2v) is 6.54. The molecule has 2 N–H and O–H groups in total. The number of carbonyl (C=O) groups is 2. The first-order valence-corrected chi connectivity index (χ1v) is 8.82. The molecule has 0 aliphatic heterocycles. The first-order chi connectivity index (χ1) is 12.0. The summed E-state index contributed by atoms with van der Waals surface area (Å²) in [7, 11) is 1.54. The summed E-state index contributed by atoms with van der Waals surface area (Å²) in [6.45, 7) is 2.01. The number of carbonyl (C=O) groups excluding carboxylic acids is 1. The molecule has 0 spiro atoms. The minimum absolute atomic E-state index is 0.113. The third kappa shape index (κ3) is 6.14. The summed E-state index contributed by atoms with van der Waals surface area (Å²) in [5.41, 5.74) is 1.24. The predicted octanol–water partition coefficient (Wildman–Crippen LogP) is 3.60. The van der Waals surface area contributed by atoms with Crippen molar-refractivity contribution in [2.75, 3.05) is 12.4 Å². The number of benzene rings is 1. The number of ether oxygens (including phenoxy) is 2. The van der Waals surface area contributed by atoms with Gasteiger partial charge in [-0.15, -0.1) is 0 Å². The van der Waals surface area contributed by atoms with Crippen LogP contribution in [0, 0.1) is 0 Å². The number of carboxylic acids is 1. The van der Waals surface area contributed by atoms with Crippen molar-refractivity contribution in [3.63, 3.8) is 0 Å². The number of methoxy groups -OCH3 is 1. The number of rotatable bonds is 7. The topological polar surface area (TPSA) is 84.9 Å². The Morgan fingerprint density at radius 3 is 2.48 bits per heavy atom. The van der Waals surface area contributed by atoms with Crippen LogP contribution in [0.1, 0.15) is 61.4 Å². The molecule has 1 aromatic rings. The van der Waals surface area contributed by atoms with Crippen LogP contribution in [0.25, 0.3) is 0 Å². The molecule has 25 heavy (non-hydrogen) atoms. The molecule has 138 valence electrons. The minimum Gasteiger partial charge on any atom is -0.478 e. The van der Waals surface area contributed by atoms with E-state index in [1.54, 1.807) is 13.0 Å². The second kappa shape index (κ2) is 9.53. The molecule has 1 saturated carbocycles. The zero-order valence-electron chi connectivity index (χ0n) is 14.9. The molecule has 1 aliphatic carbocycles. The molecule has 0 radical (unpaired) electrons. The summed E-state index contributed by atoms with van der Waals surface area (Å²) in [6.07, 6.45) is 6.25. The van der Waals surface area contributed by atoms with Gasteiger partial charge in [-0.1, -0.05) is 25.7 Å². The molecule has 1 aliphatic rings. The first-order valence-electron chi connectivity index (χ1n) is 8.82. The maximum Gasteiger partial charge on any atom is 0.335 e. The molecular weight excluding hydrogens is 322 g/mol. The molecule has 0 heterocycles. The van der Waals surface area contributed by atoms with Crippen LogP contribution in [-0.4, -0.2) is 36.3 Å². The molecule has 0 aromatic heterocycles. The lowest BCUT2D eigenvalue weighted by atomic mass is 10.1. The molecular formula is C19H27NO5. The molecule has 0 saturated heterocycles. The highest BCUT2D eigenvalue weighted by Crippen LogP contribution is 2.22.